The van der Waals surface area contributed by atoms with E-state index in [9.17, 15) is 4.79 Å². The molecular weight excluding hydrogens is 252 g/mol. The predicted octanol–water partition coefficient (Wildman–Crippen LogP) is 0.808. The molecule has 0 aliphatic carbocycles. The number of anilines is 1. The van der Waals surface area contributed by atoms with Gasteiger partial charge in [0, 0.05) is 45.5 Å². The van der Waals surface area contributed by atoms with Gasteiger partial charge in [0.05, 0.1) is 6.54 Å². The lowest BCUT2D eigenvalue weighted by atomic mass is 10.0. The Morgan fingerprint density at radius 1 is 1.60 bits per heavy atom. The summed E-state index contributed by atoms with van der Waals surface area (Å²) in [4.78, 5) is 20.4. The summed E-state index contributed by atoms with van der Waals surface area (Å²) in [5.41, 5.74) is 2.58. The highest BCUT2D eigenvalue weighted by molar-refractivity contribution is 5.78. The maximum absolute atomic E-state index is 11.8. The highest BCUT2D eigenvalue weighted by Crippen LogP contribution is 2.25. The SMILES string of the molecule is C=CCNC(=O)CN1CCc2ccnc(N(C)C)c2C1. The number of rotatable bonds is 5. The molecule has 0 spiro atoms. The third kappa shape index (κ3) is 3.36. The van der Waals surface area contributed by atoms with Crippen LogP contribution in [0.5, 0.6) is 0 Å². The fourth-order valence-electron chi connectivity index (χ4n) is 2.47. The van der Waals surface area contributed by atoms with E-state index in [4.69, 9.17) is 0 Å². The number of carbonyl (C=O) groups is 1. The van der Waals surface area contributed by atoms with Crippen molar-refractivity contribution in [2.45, 2.75) is 13.0 Å². The summed E-state index contributed by atoms with van der Waals surface area (Å²) in [6.07, 6.45) is 4.52. The van der Waals surface area contributed by atoms with Crippen LogP contribution in [0.1, 0.15) is 11.1 Å². The van der Waals surface area contributed by atoms with Crippen molar-refractivity contribution in [2.24, 2.45) is 0 Å². The molecule has 1 aromatic heterocycles. The van der Waals surface area contributed by atoms with E-state index >= 15 is 0 Å². The first-order valence-corrected chi connectivity index (χ1v) is 6.86. The van der Waals surface area contributed by atoms with Gasteiger partial charge in [-0.3, -0.25) is 9.69 Å². The number of aromatic nitrogens is 1. The van der Waals surface area contributed by atoms with E-state index in [1.165, 1.54) is 11.1 Å². The van der Waals surface area contributed by atoms with E-state index in [1.54, 1.807) is 6.08 Å². The van der Waals surface area contributed by atoms with Crippen molar-refractivity contribution in [3.05, 3.63) is 36.0 Å². The summed E-state index contributed by atoms with van der Waals surface area (Å²) in [5, 5.41) is 2.82. The molecule has 0 atom stereocenters. The summed E-state index contributed by atoms with van der Waals surface area (Å²) in [7, 11) is 4.00. The van der Waals surface area contributed by atoms with Crippen LogP contribution in [0.4, 0.5) is 5.82 Å². The Kier molecular flexibility index (Phi) is 4.74. The second-order valence-electron chi connectivity index (χ2n) is 5.22. The normalized spacial score (nSPS) is 14.5. The summed E-state index contributed by atoms with van der Waals surface area (Å²) in [6.45, 7) is 6.23. The number of amides is 1. The number of carbonyl (C=O) groups excluding carboxylic acids is 1. The van der Waals surface area contributed by atoms with E-state index in [0.717, 1.165) is 25.3 Å². The maximum Gasteiger partial charge on any atom is 0.234 e. The van der Waals surface area contributed by atoms with Crippen molar-refractivity contribution < 1.29 is 4.79 Å². The Morgan fingerprint density at radius 2 is 2.40 bits per heavy atom. The third-order valence-electron chi connectivity index (χ3n) is 3.44. The van der Waals surface area contributed by atoms with Crippen molar-refractivity contribution in [3.8, 4) is 0 Å². The second kappa shape index (κ2) is 6.52. The van der Waals surface area contributed by atoms with Crippen molar-refractivity contribution in [1.29, 1.82) is 0 Å². The van der Waals surface area contributed by atoms with E-state index in [2.05, 4.69) is 27.8 Å². The van der Waals surface area contributed by atoms with Gasteiger partial charge < -0.3 is 10.2 Å². The minimum atomic E-state index is 0.0450. The topological polar surface area (TPSA) is 48.5 Å². The lowest BCUT2D eigenvalue weighted by Crippen LogP contribution is -2.40. The first kappa shape index (κ1) is 14.5. The molecule has 2 rings (SSSR count). The standard InChI is InChI=1S/C15H22N4O/c1-4-7-16-14(20)11-19-9-6-12-5-8-17-15(18(2)3)13(12)10-19/h4-5,8H,1,6-7,9-11H2,2-3H3,(H,16,20). The molecule has 20 heavy (non-hydrogen) atoms. The van der Waals surface area contributed by atoms with Crippen LogP contribution in [0.25, 0.3) is 0 Å². The Bertz CT molecular complexity index is 499. The van der Waals surface area contributed by atoms with Crippen LogP contribution in [-0.4, -0.2) is 49.5 Å². The molecule has 0 fully saturated rings. The molecule has 1 aliphatic heterocycles. The molecule has 1 N–H and O–H groups in total. The molecule has 0 bridgehead atoms. The zero-order valence-electron chi connectivity index (χ0n) is 12.2. The fourth-order valence-corrected chi connectivity index (χ4v) is 2.47. The summed E-state index contributed by atoms with van der Waals surface area (Å²) >= 11 is 0. The lowest BCUT2D eigenvalue weighted by Gasteiger charge is -2.30. The monoisotopic (exact) mass is 274 g/mol. The van der Waals surface area contributed by atoms with E-state index in [0.29, 0.717) is 13.1 Å². The van der Waals surface area contributed by atoms with Crippen molar-refractivity contribution >= 4 is 11.7 Å². The van der Waals surface area contributed by atoms with Crippen LogP contribution < -0.4 is 10.2 Å². The van der Waals surface area contributed by atoms with Crippen LogP contribution in [0.2, 0.25) is 0 Å². The molecule has 5 nitrogen and oxygen atoms in total. The molecule has 0 radical (unpaired) electrons. The second-order valence-corrected chi connectivity index (χ2v) is 5.22. The number of hydrogen-bond acceptors (Lipinski definition) is 4. The van der Waals surface area contributed by atoms with E-state index in [1.807, 2.05) is 25.2 Å². The van der Waals surface area contributed by atoms with E-state index in [-0.39, 0.29) is 5.91 Å². The molecule has 0 unspecified atom stereocenters. The van der Waals surface area contributed by atoms with Crippen LogP contribution in [0, 0.1) is 0 Å². The molecule has 2 heterocycles. The first-order valence-electron chi connectivity index (χ1n) is 6.86. The van der Waals surface area contributed by atoms with Gasteiger partial charge >= 0.3 is 0 Å². The molecule has 1 amide bonds. The zero-order valence-corrected chi connectivity index (χ0v) is 12.2. The van der Waals surface area contributed by atoms with Gasteiger partial charge in [-0.15, -0.1) is 6.58 Å². The van der Waals surface area contributed by atoms with Crippen LogP contribution in [0.3, 0.4) is 0 Å². The molecule has 5 heteroatoms. The molecule has 0 saturated heterocycles. The Labute approximate surface area is 120 Å². The van der Waals surface area contributed by atoms with Crippen LogP contribution >= 0.6 is 0 Å². The van der Waals surface area contributed by atoms with Gasteiger partial charge in [-0.1, -0.05) is 6.08 Å². The number of fused-ring (bicyclic) bond motifs is 1. The van der Waals surface area contributed by atoms with Crippen molar-refractivity contribution in [2.75, 3.05) is 38.6 Å². The minimum Gasteiger partial charge on any atom is -0.362 e. The van der Waals surface area contributed by atoms with Gasteiger partial charge in [-0.25, -0.2) is 4.98 Å². The number of hydrogen-bond donors (Lipinski definition) is 1. The lowest BCUT2D eigenvalue weighted by molar-refractivity contribution is -0.122. The average Bonchev–Trinajstić information content (AvgIpc) is 2.44. The summed E-state index contributed by atoms with van der Waals surface area (Å²) in [6, 6.07) is 2.08. The van der Waals surface area contributed by atoms with Crippen LogP contribution in [0.15, 0.2) is 24.9 Å². The minimum absolute atomic E-state index is 0.0450. The Hall–Kier alpha value is -1.88. The largest absolute Gasteiger partial charge is 0.362 e. The van der Waals surface area contributed by atoms with Gasteiger partial charge in [0.1, 0.15) is 5.82 Å². The molecular formula is C15H22N4O. The molecule has 1 aromatic rings. The van der Waals surface area contributed by atoms with Gasteiger partial charge in [-0.05, 0) is 18.1 Å². The quantitative estimate of drug-likeness (QED) is 0.807. The smallest absolute Gasteiger partial charge is 0.234 e. The average molecular weight is 274 g/mol. The summed E-state index contributed by atoms with van der Waals surface area (Å²) in [5.74, 6) is 1.04. The summed E-state index contributed by atoms with van der Waals surface area (Å²) < 4.78 is 0. The molecule has 0 aromatic carbocycles. The fraction of sp³-hybridized carbons (Fsp3) is 0.467. The van der Waals surface area contributed by atoms with Gasteiger partial charge in [-0.2, -0.15) is 0 Å². The molecule has 108 valence electrons. The third-order valence-corrected chi connectivity index (χ3v) is 3.44. The van der Waals surface area contributed by atoms with Gasteiger partial charge in [0.25, 0.3) is 0 Å². The van der Waals surface area contributed by atoms with Crippen molar-refractivity contribution in [3.63, 3.8) is 0 Å². The van der Waals surface area contributed by atoms with Gasteiger partial charge in [0.2, 0.25) is 5.91 Å². The first-order chi connectivity index (χ1) is 9.61. The molecule has 0 saturated carbocycles. The van der Waals surface area contributed by atoms with Crippen LogP contribution in [-0.2, 0) is 17.8 Å². The molecule has 1 aliphatic rings. The number of nitrogens with one attached hydrogen (secondary N) is 1. The predicted molar refractivity (Wildman–Crippen MR) is 80.8 cm³/mol. The number of pyridine rings is 1. The highest BCUT2D eigenvalue weighted by Gasteiger charge is 2.21. The Morgan fingerprint density at radius 3 is 3.10 bits per heavy atom. The Balaban J connectivity index is 2.06. The van der Waals surface area contributed by atoms with Gasteiger partial charge in [0.15, 0.2) is 0 Å². The van der Waals surface area contributed by atoms with E-state index < -0.39 is 0 Å². The zero-order chi connectivity index (χ0) is 14.5. The number of nitrogens with zero attached hydrogens (tertiary/aromatic N) is 3. The highest BCUT2D eigenvalue weighted by atomic mass is 16.2. The van der Waals surface area contributed by atoms with Crippen molar-refractivity contribution in [1.82, 2.24) is 15.2 Å². The maximum atomic E-state index is 11.8.